The van der Waals surface area contributed by atoms with Crippen molar-refractivity contribution in [3.63, 3.8) is 0 Å². The smallest absolute Gasteiger partial charge is 0.174 e. The summed E-state index contributed by atoms with van der Waals surface area (Å²) in [6, 6.07) is 13.6. The largest absolute Gasteiger partial charge is 0.478 e. The van der Waals surface area contributed by atoms with Crippen LogP contribution in [-0.2, 0) is 0 Å². The highest BCUT2D eigenvalue weighted by molar-refractivity contribution is 5.74. The van der Waals surface area contributed by atoms with Gasteiger partial charge in [0.15, 0.2) is 6.61 Å². The Labute approximate surface area is 180 Å². The predicted octanol–water partition coefficient (Wildman–Crippen LogP) is 5.00. The number of pyridine rings is 1. The van der Waals surface area contributed by atoms with Gasteiger partial charge in [0.1, 0.15) is 35.8 Å². The number of hydrogen-bond acceptors (Lipinski definition) is 8. The van der Waals surface area contributed by atoms with Crippen LogP contribution in [0.5, 0.6) is 5.75 Å². The van der Waals surface area contributed by atoms with Gasteiger partial charge in [-0.05, 0) is 37.1 Å². The normalized spacial score (nSPS) is 13.7. The van der Waals surface area contributed by atoms with E-state index in [0.717, 1.165) is 29.7 Å². The van der Waals surface area contributed by atoms with Crippen LogP contribution in [0.2, 0.25) is 0 Å². The van der Waals surface area contributed by atoms with Crippen LogP contribution in [-0.4, -0.2) is 22.8 Å². The van der Waals surface area contributed by atoms with E-state index in [1.807, 2.05) is 18.2 Å². The molecule has 2 heterocycles. The third kappa shape index (κ3) is 4.93. The van der Waals surface area contributed by atoms with E-state index >= 15 is 0 Å². The first-order valence-electron chi connectivity index (χ1n) is 10.2. The predicted molar refractivity (Wildman–Crippen MR) is 116 cm³/mol. The fraction of sp³-hybridized carbons (Fsp3) is 0.304. The van der Waals surface area contributed by atoms with Crippen molar-refractivity contribution < 1.29 is 9.26 Å². The Hall–Kier alpha value is -4.04. The van der Waals surface area contributed by atoms with Gasteiger partial charge in [0.05, 0.1) is 11.8 Å². The second-order valence-electron chi connectivity index (χ2n) is 7.38. The highest BCUT2D eigenvalue weighted by Crippen LogP contribution is 2.33. The zero-order chi connectivity index (χ0) is 21.5. The molecule has 8 nitrogen and oxygen atoms in total. The minimum Gasteiger partial charge on any atom is -0.478 e. The van der Waals surface area contributed by atoms with E-state index in [1.165, 1.54) is 25.5 Å². The fourth-order valence-corrected chi connectivity index (χ4v) is 3.72. The zero-order valence-electron chi connectivity index (χ0n) is 17.0. The van der Waals surface area contributed by atoms with Crippen molar-refractivity contribution in [2.75, 3.05) is 17.2 Å². The summed E-state index contributed by atoms with van der Waals surface area (Å²) in [5.74, 6) is 1.74. The molecule has 1 aromatic carbocycles. The van der Waals surface area contributed by atoms with Gasteiger partial charge in [-0.25, -0.2) is 4.98 Å². The van der Waals surface area contributed by atoms with Crippen molar-refractivity contribution in [2.45, 2.75) is 38.1 Å². The zero-order valence-corrected chi connectivity index (χ0v) is 17.0. The molecule has 2 N–H and O–H groups in total. The summed E-state index contributed by atoms with van der Waals surface area (Å²) in [6.45, 7) is -0.0771. The third-order valence-corrected chi connectivity index (χ3v) is 5.25. The number of rotatable bonds is 7. The molecule has 31 heavy (non-hydrogen) atoms. The topological polar surface area (TPSA) is 120 Å². The minimum absolute atomic E-state index is 0.0771. The molecule has 0 radical (unpaired) electrons. The van der Waals surface area contributed by atoms with Crippen molar-refractivity contribution in [1.29, 1.82) is 10.5 Å². The first-order valence-corrected chi connectivity index (χ1v) is 10.2. The molecular weight excluding hydrogens is 392 g/mol. The van der Waals surface area contributed by atoms with Crippen LogP contribution >= 0.6 is 0 Å². The number of aromatic nitrogens is 2. The minimum atomic E-state index is -0.0771. The molecule has 0 aliphatic heterocycles. The highest BCUT2D eigenvalue weighted by Gasteiger charge is 2.16. The molecule has 8 heteroatoms. The van der Waals surface area contributed by atoms with Gasteiger partial charge in [-0.2, -0.15) is 10.5 Å². The Balaban J connectivity index is 1.57. The molecule has 1 aliphatic rings. The van der Waals surface area contributed by atoms with Crippen LogP contribution in [0.1, 0.15) is 37.7 Å². The van der Waals surface area contributed by atoms with Gasteiger partial charge in [-0.1, -0.05) is 24.4 Å². The number of anilines is 3. The number of nitrogens with zero attached hydrogens (tertiary/aromatic N) is 4. The van der Waals surface area contributed by atoms with Gasteiger partial charge >= 0.3 is 0 Å². The average molecular weight is 414 g/mol. The summed E-state index contributed by atoms with van der Waals surface area (Å²) in [5.41, 5.74) is 2.80. The summed E-state index contributed by atoms with van der Waals surface area (Å²) in [6.07, 6.45) is 8.95. The Morgan fingerprint density at radius 2 is 2.00 bits per heavy atom. The first kappa shape index (κ1) is 20.2. The van der Waals surface area contributed by atoms with E-state index < -0.39 is 0 Å². The van der Waals surface area contributed by atoms with Crippen LogP contribution in [0, 0.1) is 22.7 Å². The lowest BCUT2D eigenvalue weighted by molar-refractivity contribution is 0.370. The van der Waals surface area contributed by atoms with E-state index in [1.54, 1.807) is 24.4 Å². The van der Waals surface area contributed by atoms with E-state index in [9.17, 15) is 5.26 Å². The molecule has 0 atom stereocenters. The van der Waals surface area contributed by atoms with Gasteiger partial charge in [0.25, 0.3) is 0 Å². The van der Waals surface area contributed by atoms with Crippen LogP contribution in [0.4, 0.5) is 17.3 Å². The quantitative estimate of drug-likeness (QED) is 0.554. The lowest BCUT2D eigenvalue weighted by atomic mass is 9.95. The second kappa shape index (κ2) is 9.64. The molecule has 0 saturated heterocycles. The molecule has 4 rings (SSSR count). The summed E-state index contributed by atoms with van der Waals surface area (Å²) in [5, 5.41) is 28.8. The standard InChI is InChI=1S/C23H22N6O2/c24-10-11-30-21-12-19(7-8-20(21)17-14-26-31-15-17)27-22-9-6-16(13-25)23(29-22)28-18-4-2-1-3-5-18/h6-9,12,14-15,18H,1-5,11H2,(H2,27,28,29). The Morgan fingerprint density at radius 3 is 2.74 bits per heavy atom. The Kier molecular flexibility index (Phi) is 6.29. The SMILES string of the molecule is N#CCOc1cc(Nc2ccc(C#N)c(NC3CCCCC3)n2)ccc1-c1cnoc1. The molecule has 0 unspecified atom stereocenters. The monoisotopic (exact) mass is 414 g/mol. The molecule has 0 bridgehead atoms. The number of nitrogens with one attached hydrogen (secondary N) is 2. The van der Waals surface area contributed by atoms with Crippen LogP contribution < -0.4 is 15.4 Å². The number of benzene rings is 1. The Bertz CT molecular complexity index is 1110. The van der Waals surface area contributed by atoms with Crippen LogP contribution in [0.15, 0.2) is 47.3 Å². The molecule has 0 amide bonds. The number of hydrogen-bond donors (Lipinski definition) is 2. The molecule has 1 aliphatic carbocycles. The van der Waals surface area contributed by atoms with E-state index in [4.69, 9.17) is 14.5 Å². The van der Waals surface area contributed by atoms with Gasteiger partial charge in [0.2, 0.25) is 0 Å². The maximum atomic E-state index is 9.46. The summed E-state index contributed by atoms with van der Waals surface area (Å²) in [4.78, 5) is 4.63. The first-order chi connectivity index (χ1) is 15.3. The number of ether oxygens (including phenoxy) is 1. The van der Waals surface area contributed by atoms with Crippen molar-refractivity contribution in [3.8, 4) is 29.0 Å². The molecule has 156 valence electrons. The van der Waals surface area contributed by atoms with Crippen molar-refractivity contribution in [1.82, 2.24) is 10.1 Å². The number of nitriles is 2. The van der Waals surface area contributed by atoms with Gasteiger partial charge in [0, 0.05) is 28.9 Å². The lowest BCUT2D eigenvalue weighted by Crippen LogP contribution is -2.23. The van der Waals surface area contributed by atoms with E-state index in [2.05, 4.69) is 26.8 Å². The average Bonchev–Trinajstić information content (AvgIpc) is 3.33. The molecule has 1 saturated carbocycles. The van der Waals surface area contributed by atoms with E-state index in [-0.39, 0.29) is 6.61 Å². The van der Waals surface area contributed by atoms with Gasteiger partial charge < -0.3 is 19.9 Å². The maximum Gasteiger partial charge on any atom is 0.174 e. The summed E-state index contributed by atoms with van der Waals surface area (Å²) < 4.78 is 10.5. The Morgan fingerprint density at radius 1 is 1.13 bits per heavy atom. The summed E-state index contributed by atoms with van der Waals surface area (Å²) in [7, 11) is 0. The van der Waals surface area contributed by atoms with Gasteiger partial charge in [-0.3, -0.25) is 0 Å². The maximum absolute atomic E-state index is 9.46. The van der Waals surface area contributed by atoms with Crippen molar-refractivity contribution in [3.05, 3.63) is 48.4 Å². The van der Waals surface area contributed by atoms with E-state index in [0.29, 0.717) is 29.0 Å². The van der Waals surface area contributed by atoms with Gasteiger partial charge in [-0.15, -0.1) is 0 Å². The third-order valence-electron chi connectivity index (χ3n) is 5.25. The molecule has 2 aromatic heterocycles. The van der Waals surface area contributed by atoms with Crippen molar-refractivity contribution in [2.24, 2.45) is 0 Å². The highest BCUT2D eigenvalue weighted by atomic mass is 16.5. The van der Waals surface area contributed by atoms with Crippen molar-refractivity contribution >= 4 is 17.3 Å². The van der Waals surface area contributed by atoms with Crippen LogP contribution in [0.25, 0.3) is 11.1 Å². The summed E-state index contributed by atoms with van der Waals surface area (Å²) >= 11 is 0. The second-order valence-corrected chi connectivity index (χ2v) is 7.38. The molecule has 3 aromatic rings. The molecule has 1 fully saturated rings. The fourth-order valence-electron chi connectivity index (χ4n) is 3.72. The lowest BCUT2D eigenvalue weighted by Gasteiger charge is -2.24. The molecule has 0 spiro atoms. The van der Waals surface area contributed by atoms with Crippen LogP contribution in [0.3, 0.4) is 0 Å². The molecular formula is C23H22N6O2.